The molecule has 1 heterocycles. The van der Waals surface area contributed by atoms with Crippen molar-refractivity contribution < 1.29 is 19.1 Å². The summed E-state index contributed by atoms with van der Waals surface area (Å²) in [5.41, 5.74) is 0.921. The maximum absolute atomic E-state index is 12.8. The second kappa shape index (κ2) is 6.29. The van der Waals surface area contributed by atoms with E-state index in [1.165, 1.54) is 12.1 Å². The maximum Gasteiger partial charge on any atom is 0.266 e. The summed E-state index contributed by atoms with van der Waals surface area (Å²) >= 11 is 0. The fraction of sp³-hybridized carbons (Fsp3) is 0.250. The van der Waals surface area contributed by atoms with Crippen molar-refractivity contribution in [2.24, 2.45) is 0 Å². The van der Waals surface area contributed by atoms with E-state index in [0.717, 1.165) is 4.90 Å². The van der Waals surface area contributed by atoms with Gasteiger partial charge in [0, 0.05) is 11.1 Å². The number of carbonyl (C=O) groups excluding carboxylic acids is 3. The van der Waals surface area contributed by atoms with Gasteiger partial charge in [-0.2, -0.15) is 0 Å². The van der Waals surface area contributed by atoms with Crippen molar-refractivity contribution in [2.45, 2.75) is 26.3 Å². The molecule has 0 bridgehead atoms. The predicted octanol–water partition coefficient (Wildman–Crippen LogP) is 3.02. The molecular formula is C20H20N2O4. The highest BCUT2D eigenvalue weighted by molar-refractivity contribution is 6.34. The van der Waals surface area contributed by atoms with Crippen molar-refractivity contribution in [1.82, 2.24) is 5.32 Å². The number of nitrogens with zero attached hydrogens (tertiary/aromatic N) is 1. The van der Waals surface area contributed by atoms with Gasteiger partial charge in [-0.3, -0.25) is 14.4 Å². The normalized spacial score (nSPS) is 13.6. The molecule has 0 saturated carbocycles. The minimum absolute atomic E-state index is 0.229. The first-order valence-corrected chi connectivity index (χ1v) is 8.20. The summed E-state index contributed by atoms with van der Waals surface area (Å²) in [6, 6.07) is 11.2. The van der Waals surface area contributed by atoms with Gasteiger partial charge < -0.3 is 10.1 Å². The summed E-state index contributed by atoms with van der Waals surface area (Å²) in [4.78, 5) is 38.9. The van der Waals surface area contributed by atoms with Crippen LogP contribution >= 0.6 is 0 Å². The number of anilines is 1. The molecule has 3 rings (SSSR count). The minimum atomic E-state index is -0.444. The monoisotopic (exact) mass is 352 g/mol. The van der Waals surface area contributed by atoms with Crippen LogP contribution in [0.3, 0.4) is 0 Å². The molecule has 0 fully saturated rings. The van der Waals surface area contributed by atoms with Crippen molar-refractivity contribution in [2.75, 3.05) is 12.0 Å². The molecule has 2 aromatic rings. The molecule has 0 aromatic heterocycles. The summed E-state index contributed by atoms with van der Waals surface area (Å²) in [6.45, 7) is 5.62. The SMILES string of the molecule is COc1ccc(N2C(=O)c3ccc(C(=O)NC(C)(C)C)cc3C2=O)cc1. The number of hydrogen-bond acceptors (Lipinski definition) is 4. The van der Waals surface area contributed by atoms with Crippen molar-refractivity contribution in [3.8, 4) is 5.75 Å². The molecule has 0 aliphatic carbocycles. The lowest BCUT2D eigenvalue weighted by atomic mass is 10.0. The lowest BCUT2D eigenvalue weighted by molar-refractivity contribution is 0.0912. The third-order valence-electron chi connectivity index (χ3n) is 3.97. The molecule has 1 aliphatic heterocycles. The van der Waals surface area contributed by atoms with Crippen molar-refractivity contribution in [1.29, 1.82) is 0 Å². The number of nitrogens with one attached hydrogen (secondary N) is 1. The molecule has 26 heavy (non-hydrogen) atoms. The molecule has 0 spiro atoms. The third kappa shape index (κ3) is 3.18. The van der Waals surface area contributed by atoms with Gasteiger partial charge in [-0.1, -0.05) is 0 Å². The van der Waals surface area contributed by atoms with Gasteiger partial charge >= 0.3 is 0 Å². The van der Waals surface area contributed by atoms with Crippen LogP contribution in [-0.4, -0.2) is 30.4 Å². The zero-order valence-electron chi connectivity index (χ0n) is 15.1. The summed E-state index contributed by atoms with van der Waals surface area (Å²) in [5, 5.41) is 2.85. The molecular weight excluding hydrogens is 332 g/mol. The average molecular weight is 352 g/mol. The Hall–Kier alpha value is -3.15. The van der Waals surface area contributed by atoms with Gasteiger partial charge in [0.25, 0.3) is 17.7 Å². The topological polar surface area (TPSA) is 75.7 Å². The number of ether oxygens (including phenoxy) is 1. The highest BCUT2D eigenvalue weighted by Crippen LogP contribution is 2.30. The van der Waals surface area contributed by atoms with Crippen LogP contribution in [0.5, 0.6) is 5.75 Å². The Morgan fingerprint density at radius 3 is 2.15 bits per heavy atom. The molecule has 1 N–H and O–H groups in total. The first kappa shape index (κ1) is 17.7. The molecule has 0 saturated heterocycles. The molecule has 3 amide bonds. The second-order valence-electron chi connectivity index (χ2n) is 7.11. The Kier molecular flexibility index (Phi) is 4.28. The Morgan fingerprint density at radius 1 is 0.962 bits per heavy atom. The molecule has 2 aromatic carbocycles. The summed E-state index contributed by atoms with van der Waals surface area (Å²) in [6.07, 6.45) is 0. The van der Waals surface area contributed by atoms with Crippen LogP contribution in [0.25, 0.3) is 0 Å². The Morgan fingerprint density at radius 2 is 1.58 bits per heavy atom. The molecule has 6 heteroatoms. The summed E-state index contributed by atoms with van der Waals surface area (Å²) in [7, 11) is 1.54. The first-order valence-electron chi connectivity index (χ1n) is 8.20. The van der Waals surface area contributed by atoms with Crippen LogP contribution in [-0.2, 0) is 0 Å². The fourth-order valence-corrected chi connectivity index (χ4v) is 2.76. The van der Waals surface area contributed by atoms with E-state index in [-0.39, 0.29) is 17.0 Å². The van der Waals surface area contributed by atoms with Crippen molar-refractivity contribution >= 4 is 23.4 Å². The van der Waals surface area contributed by atoms with E-state index in [1.54, 1.807) is 37.4 Å². The van der Waals surface area contributed by atoms with Gasteiger partial charge in [-0.05, 0) is 63.2 Å². The fourth-order valence-electron chi connectivity index (χ4n) is 2.76. The van der Waals surface area contributed by atoms with Crippen molar-refractivity contribution in [3.63, 3.8) is 0 Å². The van der Waals surface area contributed by atoms with Gasteiger partial charge in [-0.15, -0.1) is 0 Å². The number of rotatable bonds is 3. The average Bonchev–Trinajstić information content (AvgIpc) is 2.84. The number of carbonyl (C=O) groups is 3. The van der Waals surface area contributed by atoms with Gasteiger partial charge in [0.15, 0.2) is 0 Å². The Labute approximate surface area is 151 Å². The minimum Gasteiger partial charge on any atom is -0.497 e. The molecule has 134 valence electrons. The Balaban J connectivity index is 1.93. The van der Waals surface area contributed by atoms with Crippen LogP contribution in [0.1, 0.15) is 51.8 Å². The summed E-state index contributed by atoms with van der Waals surface area (Å²) < 4.78 is 5.10. The molecule has 0 unspecified atom stereocenters. The number of benzene rings is 2. The molecule has 6 nitrogen and oxygen atoms in total. The third-order valence-corrected chi connectivity index (χ3v) is 3.97. The van der Waals surface area contributed by atoms with E-state index in [0.29, 0.717) is 17.0 Å². The van der Waals surface area contributed by atoms with E-state index in [1.807, 2.05) is 20.8 Å². The zero-order valence-corrected chi connectivity index (χ0v) is 15.1. The van der Waals surface area contributed by atoms with Crippen LogP contribution in [0.15, 0.2) is 42.5 Å². The number of amides is 3. The van der Waals surface area contributed by atoms with Gasteiger partial charge in [0.05, 0.1) is 23.9 Å². The van der Waals surface area contributed by atoms with Crippen LogP contribution in [0.4, 0.5) is 5.69 Å². The number of methoxy groups -OCH3 is 1. The van der Waals surface area contributed by atoms with Crippen LogP contribution in [0.2, 0.25) is 0 Å². The number of hydrogen-bond donors (Lipinski definition) is 1. The summed E-state index contributed by atoms with van der Waals surface area (Å²) in [5.74, 6) is -0.506. The van der Waals surface area contributed by atoms with Gasteiger partial charge in [-0.25, -0.2) is 4.90 Å². The lowest BCUT2D eigenvalue weighted by Crippen LogP contribution is -2.40. The van der Waals surface area contributed by atoms with Gasteiger partial charge in [0.1, 0.15) is 5.75 Å². The molecule has 1 aliphatic rings. The number of fused-ring (bicyclic) bond motifs is 1. The highest BCUT2D eigenvalue weighted by atomic mass is 16.5. The van der Waals surface area contributed by atoms with Crippen LogP contribution in [0, 0.1) is 0 Å². The first-order chi connectivity index (χ1) is 12.2. The molecule has 0 atom stereocenters. The van der Waals surface area contributed by atoms with Crippen molar-refractivity contribution in [3.05, 3.63) is 59.2 Å². The largest absolute Gasteiger partial charge is 0.497 e. The van der Waals surface area contributed by atoms with E-state index >= 15 is 0 Å². The quantitative estimate of drug-likeness (QED) is 0.862. The van der Waals surface area contributed by atoms with E-state index in [9.17, 15) is 14.4 Å². The van der Waals surface area contributed by atoms with E-state index in [4.69, 9.17) is 4.74 Å². The maximum atomic E-state index is 12.8. The van der Waals surface area contributed by atoms with E-state index < -0.39 is 17.4 Å². The standard InChI is InChI=1S/C20H20N2O4/c1-20(2,3)21-17(23)12-5-10-15-16(11-12)19(25)22(18(15)24)13-6-8-14(26-4)9-7-13/h5-11H,1-4H3,(H,21,23). The Bertz CT molecular complexity index is 895. The number of imide groups is 1. The lowest BCUT2D eigenvalue weighted by Gasteiger charge is -2.20. The van der Waals surface area contributed by atoms with Crippen LogP contribution < -0.4 is 15.0 Å². The molecule has 0 radical (unpaired) electrons. The smallest absolute Gasteiger partial charge is 0.266 e. The van der Waals surface area contributed by atoms with Gasteiger partial charge in [0.2, 0.25) is 0 Å². The van der Waals surface area contributed by atoms with E-state index in [2.05, 4.69) is 5.32 Å². The predicted molar refractivity (Wildman–Crippen MR) is 97.8 cm³/mol. The zero-order chi connectivity index (χ0) is 19.1. The second-order valence-corrected chi connectivity index (χ2v) is 7.11. The highest BCUT2D eigenvalue weighted by Gasteiger charge is 2.37.